The van der Waals surface area contributed by atoms with E-state index in [9.17, 15) is 4.79 Å². The average Bonchev–Trinajstić information content (AvgIpc) is 2.06. The fourth-order valence-electron chi connectivity index (χ4n) is 1.02. The molecule has 1 aromatic carbocycles. The van der Waals surface area contributed by atoms with Crippen molar-refractivity contribution in [1.82, 2.24) is 0 Å². The first-order valence-corrected chi connectivity index (χ1v) is 4.48. The zero-order valence-corrected chi connectivity index (χ0v) is 7.55. The van der Waals surface area contributed by atoms with Crippen LogP contribution in [0.4, 0.5) is 0 Å². The summed E-state index contributed by atoms with van der Waals surface area (Å²) in [6.45, 7) is 0. The van der Waals surface area contributed by atoms with Crippen LogP contribution in [0.2, 0.25) is 0 Å². The highest BCUT2D eigenvalue weighted by molar-refractivity contribution is 6.19. The fourth-order valence-corrected chi connectivity index (χ4v) is 1.23. The second kappa shape index (κ2) is 4.94. The molecule has 0 unspecified atom stereocenters. The van der Waals surface area contributed by atoms with E-state index in [2.05, 4.69) is 0 Å². The van der Waals surface area contributed by atoms with Crippen molar-refractivity contribution in [3.63, 3.8) is 0 Å². The molecule has 64 valence electrons. The summed E-state index contributed by atoms with van der Waals surface area (Å²) in [6.07, 6.45) is 0.976. The van der Waals surface area contributed by atoms with Crippen LogP contribution in [0.25, 0.3) is 0 Å². The van der Waals surface area contributed by atoms with Gasteiger partial charge in [0.15, 0.2) is 0 Å². The van der Waals surface area contributed by atoms with Crippen LogP contribution in [-0.4, -0.2) is 11.7 Å². The van der Waals surface area contributed by atoms with Gasteiger partial charge in [-0.3, -0.25) is 4.79 Å². The predicted octanol–water partition coefficient (Wildman–Crippen LogP) is 2.43. The maximum Gasteiger partial charge on any atom is 0.138 e. The lowest BCUT2D eigenvalue weighted by Gasteiger charge is -1.97. The molecule has 0 aliphatic rings. The van der Waals surface area contributed by atoms with Gasteiger partial charge in [0.05, 0.1) is 0 Å². The second-order valence-electron chi connectivity index (χ2n) is 2.64. The van der Waals surface area contributed by atoms with Gasteiger partial charge >= 0.3 is 0 Å². The smallest absolute Gasteiger partial charge is 0.138 e. The molecular weight excluding hydrogens is 172 g/mol. The van der Waals surface area contributed by atoms with Gasteiger partial charge in [0.25, 0.3) is 0 Å². The Kier molecular flexibility index (Phi) is 3.81. The third kappa shape index (κ3) is 3.05. The zero-order chi connectivity index (χ0) is 8.81. The normalized spacial score (nSPS) is 9.75. The maximum absolute atomic E-state index is 11.1. The van der Waals surface area contributed by atoms with Crippen LogP contribution >= 0.6 is 11.6 Å². The second-order valence-corrected chi connectivity index (χ2v) is 3.02. The first kappa shape index (κ1) is 9.27. The molecule has 1 nitrogen and oxygen atoms in total. The van der Waals surface area contributed by atoms with Crippen LogP contribution in [0.1, 0.15) is 12.0 Å². The highest BCUT2D eigenvalue weighted by Crippen LogP contribution is 2.02. The van der Waals surface area contributed by atoms with Gasteiger partial charge < -0.3 is 0 Å². The summed E-state index contributed by atoms with van der Waals surface area (Å²) in [6, 6.07) is 9.71. The highest BCUT2D eigenvalue weighted by Gasteiger charge is 2.01. The molecule has 0 spiro atoms. The van der Waals surface area contributed by atoms with Crippen molar-refractivity contribution in [2.24, 2.45) is 0 Å². The molecule has 1 rings (SSSR count). The highest BCUT2D eigenvalue weighted by atomic mass is 35.5. The van der Waals surface area contributed by atoms with Crippen molar-refractivity contribution in [3.8, 4) is 0 Å². The Morgan fingerprint density at radius 1 is 1.25 bits per heavy atom. The van der Waals surface area contributed by atoms with Crippen LogP contribution < -0.4 is 0 Å². The van der Waals surface area contributed by atoms with E-state index in [4.69, 9.17) is 11.6 Å². The van der Waals surface area contributed by atoms with Crippen molar-refractivity contribution < 1.29 is 4.79 Å². The molecule has 2 heteroatoms. The summed E-state index contributed by atoms with van der Waals surface area (Å²) in [5.41, 5.74) is 1.06. The van der Waals surface area contributed by atoms with Gasteiger partial charge in [0.1, 0.15) is 5.78 Å². The zero-order valence-electron chi connectivity index (χ0n) is 6.79. The Balaban J connectivity index is 2.47. The minimum Gasteiger partial charge on any atom is -0.299 e. The largest absolute Gasteiger partial charge is 0.299 e. The first-order valence-electron chi connectivity index (χ1n) is 3.94. The van der Waals surface area contributed by atoms with Crippen molar-refractivity contribution in [1.29, 1.82) is 0 Å². The van der Waals surface area contributed by atoms with Crippen LogP contribution in [0.5, 0.6) is 0 Å². The number of benzene rings is 1. The number of hydrogen-bond acceptors (Lipinski definition) is 1. The number of carbonyl (C=O) groups is 1. The van der Waals surface area contributed by atoms with Gasteiger partial charge in [0, 0.05) is 18.7 Å². The molecule has 0 radical (unpaired) electrons. The Labute approximate surface area is 77.4 Å². The molecular formula is C10H11ClO. The standard InChI is InChI=1S/C10H11ClO/c11-7-6-10(12)8-9-4-2-1-3-5-9/h1-5H,6-8H2. The molecule has 0 fully saturated rings. The minimum absolute atomic E-state index is 0.205. The van der Waals surface area contributed by atoms with E-state index in [0.717, 1.165) is 5.56 Å². The molecule has 0 atom stereocenters. The van der Waals surface area contributed by atoms with E-state index in [1.54, 1.807) is 0 Å². The van der Waals surface area contributed by atoms with Gasteiger partial charge in [-0.1, -0.05) is 30.3 Å². The topological polar surface area (TPSA) is 17.1 Å². The molecule has 0 amide bonds. The minimum atomic E-state index is 0.205. The first-order chi connectivity index (χ1) is 5.83. The van der Waals surface area contributed by atoms with E-state index in [1.807, 2.05) is 30.3 Å². The molecule has 0 heterocycles. The maximum atomic E-state index is 11.1. The summed E-state index contributed by atoms with van der Waals surface area (Å²) in [7, 11) is 0. The number of alkyl halides is 1. The molecule has 0 aliphatic heterocycles. The van der Waals surface area contributed by atoms with E-state index in [0.29, 0.717) is 18.7 Å². The van der Waals surface area contributed by atoms with Gasteiger partial charge in [-0.15, -0.1) is 11.6 Å². The Bertz CT molecular complexity index is 243. The molecule has 0 aromatic heterocycles. The van der Waals surface area contributed by atoms with Crippen molar-refractivity contribution in [2.75, 3.05) is 5.88 Å². The van der Waals surface area contributed by atoms with Gasteiger partial charge in [0.2, 0.25) is 0 Å². The van der Waals surface area contributed by atoms with Gasteiger partial charge in [-0.2, -0.15) is 0 Å². The van der Waals surface area contributed by atoms with E-state index in [1.165, 1.54) is 0 Å². The number of halogens is 1. The average molecular weight is 183 g/mol. The van der Waals surface area contributed by atoms with Crippen molar-refractivity contribution in [3.05, 3.63) is 35.9 Å². The summed E-state index contributed by atoms with van der Waals surface area (Å²) in [5.74, 6) is 0.627. The third-order valence-electron chi connectivity index (χ3n) is 1.62. The van der Waals surface area contributed by atoms with E-state index >= 15 is 0 Å². The van der Waals surface area contributed by atoms with Gasteiger partial charge in [-0.05, 0) is 5.56 Å². The molecule has 0 saturated heterocycles. The Morgan fingerprint density at radius 3 is 2.50 bits per heavy atom. The molecule has 0 saturated carbocycles. The lowest BCUT2D eigenvalue weighted by molar-refractivity contribution is -0.118. The SMILES string of the molecule is O=C(CCCl)Cc1ccccc1. The lowest BCUT2D eigenvalue weighted by atomic mass is 10.1. The Morgan fingerprint density at radius 2 is 1.92 bits per heavy atom. The summed E-state index contributed by atoms with van der Waals surface area (Å²) in [4.78, 5) is 11.1. The van der Waals surface area contributed by atoms with Gasteiger partial charge in [-0.25, -0.2) is 0 Å². The van der Waals surface area contributed by atoms with E-state index < -0.39 is 0 Å². The van der Waals surface area contributed by atoms with E-state index in [-0.39, 0.29) is 5.78 Å². The summed E-state index contributed by atoms with van der Waals surface area (Å²) >= 11 is 5.44. The van der Waals surface area contributed by atoms with Crippen LogP contribution in [0.3, 0.4) is 0 Å². The summed E-state index contributed by atoms with van der Waals surface area (Å²) < 4.78 is 0. The third-order valence-corrected chi connectivity index (χ3v) is 1.81. The van der Waals surface area contributed by atoms with Crippen molar-refractivity contribution >= 4 is 17.4 Å². The van der Waals surface area contributed by atoms with Crippen LogP contribution in [0.15, 0.2) is 30.3 Å². The molecule has 12 heavy (non-hydrogen) atoms. The number of hydrogen-bond donors (Lipinski definition) is 0. The lowest BCUT2D eigenvalue weighted by Crippen LogP contribution is -2.02. The quantitative estimate of drug-likeness (QED) is 0.654. The van der Waals surface area contributed by atoms with Crippen LogP contribution in [-0.2, 0) is 11.2 Å². The number of Topliss-reactive ketones (excluding diaryl/α,β-unsaturated/α-hetero) is 1. The number of rotatable bonds is 4. The Hall–Kier alpha value is -0.820. The predicted molar refractivity (Wildman–Crippen MR) is 50.5 cm³/mol. The number of carbonyl (C=O) groups excluding carboxylic acids is 1. The van der Waals surface area contributed by atoms with Crippen molar-refractivity contribution in [2.45, 2.75) is 12.8 Å². The fraction of sp³-hybridized carbons (Fsp3) is 0.300. The molecule has 0 bridgehead atoms. The molecule has 0 aliphatic carbocycles. The number of ketones is 1. The monoisotopic (exact) mass is 182 g/mol. The summed E-state index contributed by atoms with van der Waals surface area (Å²) in [5, 5.41) is 0. The molecule has 0 N–H and O–H groups in total. The molecule has 1 aromatic rings. The van der Waals surface area contributed by atoms with Crippen LogP contribution in [0, 0.1) is 0 Å².